The van der Waals surface area contributed by atoms with Crippen LogP contribution in [-0.4, -0.2) is 30.3 Å². The smallest absolute Gasteiger partial charge is 0.122 e. The first-order valence-corrected chi connectivity index (χ1v) is 7.29. The molecule has 2 aliphatic rings. The summed E-state index contributed by atoms with van der Waals surface area (Å²) in [4.78, 5) is 0. The summed E-state index contributed by atoms with van der Waals surface area (Å²) < 4.78 is 7.93. The van der Waals surface area contributed by atoms with E-state index in [1.807, 2.05) is 11.9 Å². The summed E-state index contributed by atoms with van der Waals surface area (Å²) in [6.45, 7) is 3.06. The lowest BCUT2D eigenvalue weighted by atomic mass is 9.98. The van der Waals surface area contributed by atoms with Crippen molar-refractivity contribution in [3.8, 4) is 5.75 Å². The number of fused-ring (bicyclic) bond motifs is 1. The quantitative estimate of drug-likeness (QED) is 0.745. The van der Waals surface area contributed by atoms with Gasteiger partial charge in [-0.1, -0.05) is 24.1 Å². The Bertz CT molecular complexity index is 456. The summed E-state index contributed by atoms with van der Waals surface area (Å²) in [5.74, 6) is 1.08. The highest BCUT2D eigenvalue weighted by Crippen LogP contribution is 2.31. The summed E-state index contributed by atoms with van der Waals surface area (Å²) in [5.41, 5.74) is 4.25. The average Bonchev–Trinajstić information content (AvgIpc) is 2.86. The molecule has 0 atom stereocenters. The molecular formula is C14H17NOS. The Morgan fingerprint density at radius 2 is 2.24 bits per heavy atom. The van der Waals surface area contributed by atoms with Crippen molar-refractivity contribution >= 4 is 17.5 Å². The van der Waals surface area contributed by atoms with Crippen molar-refractivity contribution in [1.29, 1.82) is 0 Å². The largest absolute Gasteiger partial charge is 0.493 e. The number of hydrogen-bond donors (Lipinski definition) is 0. The molecule has 0 fully saturated rings. The zero-order valence-electron chi connectivity index (χ0n) is 10.1. The van der Waals surface area contributed by atoms with E-state index in [0.29, 0.717) is 0 Å². The molecule has 0 radical (unpaired) electrons. The summed E-state index contributed by atoms with van der Waals surface area (Å²) in [6, 6.07) is 6.63. The Kier molecular flexibility index (Phi) is 3.12. The first kappa shape index (κ1) is 11.2. The van der Waals surface area contributed by atoms with Crippen LogP contribution in [0.25, 0.3) is 5.57 Å². The molecule has 0 amide bonds. The Balaban J connectivity index is 1.83. The molecule has 1 aromatic rings. The normalized spacial score (nSPS) is 19.7. The van der Waals surface area contributed by atoms with Crippen LogP contribution in [0.3, 0.4) is 0 Å². The molecule has 2 aliphatic heterocycles. The number of benzene rings is 1. The van der Waals surface area contributed by atoms with Gasteiger partial charge >= 0.3 is 0 Å². The van der Waals surface area contributed by atoms with Gasteiger partial charge in [-0.05, 0) is 41.5 Å². The monoisotopic (exact) mass is 247 g/mol. The molecule has 2 nitrogen and oxygen atoms in total. The van der Waals surface area contributed by atoms with Gasteiger partial charge in [0, 0.05) is 19.5 Å². The number of ether oxygens (including phenoxy) is 1. The van der Waals surface area contributed by atoms with Crippen LogP contribution in [0, 0.1) is 0 Å². The standard InChI is InChI=1S/C14H17NOS/c1-17-15-7-4-11(5-8-15)12-2-3-14-13(10-12)6-9-16-14/h2-4,10H,5-9H2,1H3. The van der Waals surface area contributed by atoms with Gasteiger partial charge in [-0.15, -0.1) is 0 Å². The minimum absolute atomic E-state index is 0.845. The average molecular weight is 247 g/mol. The molecule has 90 valence electrons. The van der Waals surface area contributed by atoms with Gasteiger partial charge in [0.25, 0.3) is 0 Å². The van der Waals surface area contributed by atoms with Gasteiger partial charge in [0.15, 0.2) is 0 Å². The van der Waals surface area contributed by atoms with E-state index < -0.39 is 0 Å². The number of rotatable bonds is 2. The fourth-order valence-electron chi connectivity index (χ4n) is 2.46. The van der Waals surface area contributed by atoms with E-state index in [9.17, 15) is 0 Å². The minimum atomic E-state index is 0.845. The summed E-state index contributed by atoms with van der Waals surface area (Å²) in [7, 11) is 0. The highest BCUT2D eigenvalue weighted by Gasteiger charge is 2.16. The molecule has 0 saturated carbocycles. The van der Waals surface area contributed by atoms with Gasteiger partial charge in [-0.3, -0.25) is 0 Å². The molecule has 0 unspecified atom stereocenters. The van der Waals surface area contributed by atoms with E-state index in [0.717, 1.165) is 38.3 Å². The van der Waals surface area contributed by atoms with Crippen molar-refractivity contribution in [2.75, 3.05) is 26.0 Å². The topological polar surface area (TPSA) is 12.5 Å². The van der Waals surface area contributed by atoms with Crippen LogP contribution in [0.15, 0.2) is 24.3 Å². The molecule has 0 aromatic heterocycles. The second-order valence-electron chi connectivity index (χ2n) is 4.47. The van der Waals surface area contributed by atoms with Crippen LogP contribution < -0.4 is 4.74 Å². The van der Waals surface area contributed by atoms with E-state index in [-0.39, 0.29) is 0 Å². The van der Waals surface area contributed by atoms with Crippen molar-refractivity contribution in [1.82, 2.24) is 4.31 Å². The SMILES string of the molecule is CSN1CC=C(c2ccc3c(c2)CCO3)CC1. The highest BCUT2D eigenvalue weighted by molar-refractivity contribution is 7.96. The summed E-state index contributed by atoms with van der Waals surface area (Å²) >= 11 is 1.83. The highest BCUT2D eigenvalue weighted by atomic mass is 32.2. The van der Waals surface area contributed by atoms with Crippen molar-refractivity contribution in [3.63, 3.8) is 0 Å². The molecular weight excluding hydrogens is 230 g/mol. The minimum Gasteiger partial charge on any atom is -0.493 e. The fraction of sp³-hybridized carbons (Fsp3) is 0.429. The Morgan fingerprint density at radius 3 is 3.00 bits per heavy atom. The maximum Gasteiger partial charge on any atom is 0.122 e. The van der Waals surface area contributed by atoms with Crippen molar-refractivity contribution in [2.24, 2.45) is 0 Å². The maximum absolute atomic E-state index is 5.54. The predicted molar refractivity (Wildman–Crippen MR) is 73.3 cm³/mol. The Labute approximate surface area is 107 Å². The lowest BCUT2D eigenvalue weighted by Crippen LogP contribution is -2.21. The van der Waals surface area contributed by atoms with Gasteiger partial charge in [0.05, 0.1) is 6.61 Å². The second-order valence-corrected chi connectivity index (χ2v) is 5.35. The van der Waals surface area contributed by atoms with Gasteiger partial charge in [0.1, 0.15) is 5.75 Å². The third-order valence-electron chi connectivity index (χ3n) is 3.49. The number of nitrogens with zero attached hydrogens (tertiary/aromatic N) is 1. The first-order valence-electron chi connectivity index (χ1n) is 6.11. The molecule has 0 saturated heterocycles. The van der Waals surface area contributed by atoms with E-state index >= 15 is 0 Å². The van der Waals surface area contributed by atoms with Gasteiger partial charge < -0.3 is 4.74 Å². The molecule has 0 aliphatic carbocycles. The molecule has 3 rings (SSSR count). The molecule has 0 N–H and O–H groups in total. The third-order valence-corrected chi connectivity index (χ3v) is 4.34. The predicted octanol–water partition coefficient (Wildman–Crippen LogP) is 2.99. The van der Waals surface area contributed by atoms with Gasteiger partial charge in [-0.2, -0.15) is 0 Å². The van der Waals surface area contributed by atoms with Crippen molar-refractivity contribution in [3.05, 3.63) is 35.4 Å². The summed E-state index contributed by atoms with van der Waals surface area (Å²) in [6.07, 6.45) is 6.72. The van der Waals surface area contributed by atoms with Gasteiger partial charge in [-0.25, -0.2) is 4.31 Å². The molecule has 1 aromatic carbocycles. The molecule has 0 bridgehead atoms. The Hall–Kier alpha value is -0.930. The van der Waals surface area contributed by atoms with E-state index in [2.05, 4.69) is 34.8 Å². The molecule has 3 heteroatoms. The maximum atomic E-state index is 5.54. The summed E-state index contributed by atoms with van der Waals surface area (Å²) in [5, 5.41) is 0. The van der Waals surface area contributed by atoms with E-state index in [4.69, 9.17) is 4.74 Å². The van der Waals surface area contributed by atoms with E-state index in [1.165, 1.54) is 16.7 Å². The lowest BCUT2D eigenvalue weighted by molar-refractivity contribution is 0.357. The van der Waals surface area contributed by atoms with Crippen LogP contribution >= 0.6 is 11.9 Å². The zero-order chi connectivity index (χ0) is 11.7. The van der Waals surface area contributed by atoms with E-state index in [1.54, 1.807) is 0 Å². The van der Waals surface area contributed by atoms with Crippen LogP contribution in [0.2, 0.25) is 0 Å². The van der Waals surface area contributed by atoms with Crippen LogP contribution in [-0.2, 0) is 6.42 Å². The van der Waals surface area contributed by atoms with Crippen molar-refractivity contribution in [2.45, 2.75) is 12.8 Å². The van der Waals surface area contributed by atoms with Crippen molar-refractivity contribution < 1.29 is 4.74 Å². The molecule has 17 heavy (non-hydrogen) atoms. The number of hydrogen-bond acceptors (Lipinski definition) is 3. The fourth-order valence-corrected chi connectivity index (χ4v) is 2.96. The third kappa shape index (κ3) is 2.22. The molecule has 0 spiro atoms. The Morgan fingerprint density at radius 1 is 1.29 bits per heavy atom. The lowest BCUT2D eigenvalue weighted by Gasteiger charge is -2.24. The van der Waals surface area contributed by atoms with Crippen LogP contribution in [0.4, 0.5) is 0 Å². The second kappa shape index (κ2) is 4.75. The van der Waals surface area contributed by atoms with Gasteiger partial charge in [0.2, 0.25) is 0 Å². The zero-order valence-corrected chi connectivity index (χ0v) is 10.9. The first-order chi connectivity index (χ1) is 8.36. The molecule has 2 heterocycles. The van der Waals surface area contributed by atoms with Crippen LogP contribution in [0.1, 0.15) is 17.5 Å². The van der Waals surface area contributed by atoms with Crippen LogP contribution in [0.5, 0.6) is 5.75 Å².